The molecule has 0 unspecified atom stereocenters. The molecule has 2 rings (SSSR count). The largest absolute Gasteiger partial charge is 0.482 e. The van der Waals surface area contributed by atoms with Gasteiger partial charge in [-0.3, -0.25) is 9.59 Å². The summed E-state index contributed by atoms with van der Waals surface area (Å²) in [4.78, 5) is 36.6. The summed E-state index contributed by atoms with van der Waals surface area (Å²) in [6.07, 6.45) is 0.792. The van der Waals surface area contributed by atoms with Crippen LogP contribution < -0.4 is 4.74 Å². The van der Waals surface area contributed by atoms with Crippen LogP contribution in [-0.2, 0) is 24.2 Å². The first-order valence-corrected chi connectivity index (χ1v) is 10.4. The molecule has 1 heterocycles. The second-order valence-electron chi connectivity index (χ2n) is 6.31. The molecule has 0 N–H and O–H groups in total. The maximum atomic E-state index is 12.0. The van der Waals surface area contributed by atoms with Crippen molar-refractivity contribution >= 4 is 27.5 Å². The molecular formula is C18H23NO7S. The van der Waals surface area contributed by atoms with Crippen LogP contribution in [0.4, 0.5) is 0 Å². The number of esters is 1. The van der Waals surface area contributed by atoms with Crippen molar-refractivity contribution in [1.82, 2.24) is 4.90 Å². The molecule has 1 aromatic carbocycles. The minimum Gasteiger partial charge on any atom is -0.482 e. The first kappa shape index (κ1) is 20.9. The normalized spacial score (nSPS) is 17.9. The molecular weight excluding hydrogens is 374 g/mol. The van der Waals surface area contributed by atoms with Gasteiger partial charge in [-0.15, -0.1) is 0 Å². The van der Waals surface area contributed by atoms with Crippen molar-refractivity contribution in [3.8, 4) is 5.75 Å². The van der Waals surface area contributed by atoms with E-state index >= 15 is 0 Å². The third-order valence-corrected chi connectivity index (χ3v) is 6.11. The molecule has 1 aromatic rings. The maximum absolute atomic E-state index is 12.0. The van der Waals surface area contributed by atoms with Gasteiger partial charge in [-0.2, -0.15) is 0 Å². The highest BCUT2D eigenvalue weighted by Crippen LogP contribution is 2.17. The van der Waals surface area contributed by atoms with Gasteiger partial charge in [0.25, 0.3) is 5.91 Å². The Labute approximate surface area is 158 Å². The van der Waals surface area contributed by atoms with E-state index in [0.717, 1.165) is 0 Å². The maximum Gasteiger partial charge on any atom is 0.344 e. The summed E-state index contributed by atoms with van der Waals surface area (Å²) in [6.45, 7) is 0.919. The van der Waals surface area contributed by atoms with E-state index < -0.39 is 28.3 Å². The molecule has 1 amide bonds. The molecule has 0 spiro atoms. The van der Waals surface area contributed by atoms with Crippen LogP contribution in [0.25, 0.3) is 0 Å². The fraction of sp³-hybridized carbons (Fsp3) is 0.500. The lowest BCUT2D eigenvalue weighted by Crippen LogP contribution is -2.40. The Kier molecular flexibility index (Phi) is 6.95. The zero-order valence-corrected chi connectivity index (χ0v) is 16.2. The lowest BCUT2D eigenvalue weighted by Gasteiger charge is -2.23. The van der Waals surface area contributed by atoms with E-state index in [2.05, 4.69) is 0 Å². The number of rotatable bonds is 8. The zero-order chi connectivity index (χ0) is 20.0. The predicted molar refractivity (Wildman–Crippen MR) is 97.3 cm³/mol. The second kappa shape index (κ2) is 8.98. The van der Waals surface area contributed by atoms with Crippen molar-refractivity contribution in [3.05, 3.63) is 29.8 Å². The number of hydrogen-bond donors (Lipinski definition) is 0. The first-order valence-electron chi connectivity index (χ1n) is 8.59. The number of carbonyl (C=O) groups is 3. The Morgan fingerprint density at radius 2 is 1.81 bits per heavy atom. The van der Waals surface area contributed by atoms with E-state index in [1.807, 2.05) is 0 Å². The van der Waals surface area contributed by atoms with E-state index in [-0.39, 0.29) is 29.9 Å². The third-order valence-electron chi connectivity index (χ3n) is 4.36. The zero-order valence-electron chi connectivity index (χ0n) is 15.3. The fourth-order valence-electron chi connectivity index (χ4n) is 2.65. The molecule has 0 radical (unpaired) electrons. The molecule has 1 atom stereocenters. The molecule has 27 heavy (non-hydrogen) atoms. The Bertz CT molecular complexity index is 802. The number of hydrogen-bond acceptors (Lipinski definition) is 7. The lowest BCUT2D eigenvalue weighted by molar-refractivity contribution is -0.153. The molecule has 8 nitrogen and oxygen atoms in total. The second-order valence-corrected chi connectivity index (χ2v) is 8.54. The standard InChI is InChI=1S/C18H23NO7S/c1-3-16(20)13-4-6-15(7-5-13)25-11-18(22)26-10-17(21)19(2)14-8-9-27(23,24)12-14/h4-7,14H,3,8-12H2,1-2H3/t14-/m1/s1. The highest BCUT2D eigenvalue weighted by atomic mass is 32.2. The van der Waals surface area contributed by atoms with Gasteiger partial charge in [0.2, 0.25) is 0 Å². The molecule has 148 valence electrons. The number of ether oxygens (including phenoxy) is 2. The topological polar surface area (TPSA) is 107 Å². The Morgan fingerprint density at radius 3 is 2.37 bits per heavy atom. The minimum absolute atomic E-state index is 0.0126. The van der Waals surface area contributed by atoms with E-state index in [0.29, 0.717) is 24.2 Å². The number of benzene rings is 1. The third kappa shape index (κ3) is 6.06. The van der Waals surface area contributed by atoms with E-state index in [4.69, 9.17) is 9.47 Å². The van der Waals surface area contributed by atoms with Crippen LogP contribution in [0.1, 0.15) is 30.1 Å². The van der Waals surface area contributed by atoms with Crippen molar-refractivity contribution in [3.63, 3.8) is 0 Å². The van der Waals surface area contributed by atoms with E-state index in [1.54, 1.807) is 31.2 Å². The lowest BCUT2D eigenvalue weighted by atomic mass is 10.1. The first-order chi connectivity index (χ1) is 12.7. The summed E-state index contributed by atoms with van der Waals surface area (Å²) in [5.41, 5.74) is 0.565. The number of nitrogens with zero attached hydrogens (tertiary/aromatic N) is 1. The fourth-order valence-corrected chi connectivity index (χ4v) is 4.43. The van der Waals surface area contributed by atoms with Crippen LogP contribution in [0, 0.1) is 0 Å². The SMILES string of the molecule is CCC(=O)c1ccc(OCC(=O)OCC(=O)N(C)[C@@H]2CCS(=O)(=O)C2)cc1. The van der Waals surface area contributed by atoms with Gasteiger partial charge in [0.05, 0.1) is 11.5 Å². The van der Waals surface area contributed by atoms with Crippen LogP contribution in [0.5, 0.6) is 5.75 Å². The Morgan fingerprint density at radius 1 is 1.15 bits per heavy atom. The number of ketones is 1. The smallest absolute Gasteiger partial charge is 0.344 e. The van der Waals surface area contributed by atoms with Gasteiger partial charge in [0, 0.05) is 25.1 Å². The number of likely N-dealkylation sites (N-methyl/N-ethyl adjacent to an activating group) is 1. The monoisotopic (exact) mass is 397 g/mol. The van der Waals surface area contributed by atoms with Crippen LogP contribution in [-0.4, -0.2) is 68.8 Å². The van der Waals surface area contributed by atoms with Gasteiger partial charge in [0.1, 0.15) is 5.75 Å². The molecule has 1 saturated heterocycles. The van der Waals surface area contributed by atoms with Gasteiger partial charge >= 0.3 is 5.97 Å². The van der Waals surface area contributed by atoms with Crippen LogP contribution in [0.3, 0.4) is 0 Å². The van der Waals surface area contributed by atoms with Crippen molar-refractivity contribution in [2.24, 2.45) is 0 Å². The van der Waals surface area contributed by atoms with E-state index in [9.17, 15) is 22.8 Å². The van der Waals surface area contributed by atoms with Crippen molar-refractivity contribution in [2.45, 2.75) is 25.8 Å². The highest BCUT2D eigenvalue weighted by Gasteiger charge is 2.32. The average Bonchev–Trinajstić information content (AvgIpc) is 3.03. The van der Waals surface area contributed by atoms with Gasteiger partial charge in [0.15, 0.2) is 28.8 Å². The summed E-state index contributed by atoms with van der Waals surface area (Å²) in [5, 5.41) is 0. The van der Waals surface area contributed by atoms with Crippen LogP contribution in [0.2, 0.25) is 0 Å². The van der Waals surface area contributed by atoms with Crippen LogP contribution in [0.15, 0.2) is 24.3 Å². The summed E-state index contributed by atoms with van der Waals surface area (Å²) < 4.78 is 33.1. The molecule has 0 bridgehead atoms. The van der Waals surface area contributed by atoms with Gasteiger partial charge in [-0.25, -0.2) is 13.2 Å². The Balaban J connectivity index is 1.74. The molecule has 1 fully saturated rings. The van der Waals surface area contributed by atoms with E-state index in [1.165, 1.54) is 11.9 Å². The average molecular weight is 397 g/mol. The van der Waals surface area contributed by atoms with Crippen molar-refractivity contribution in [1.29, 1.82) is 0 Å². The van der Waals surface area contributed by atoms with Crippen molar-refractivity contribution < 1.29 is 32.3 Å². The summed E-state index contributed by atoms with van der Waals surface area (Å²) in [5.74, 6) is -0.774. The molecule has 0 aliphatic carbocycles. The van der Waals surface area contributed by atoms with Gasteiger partial charge < -0.3 is 14.4 Å². The summed E-state index contributed by atoms with van der Waals surface area (Å²) in [7, 11) is -1.60. The summed E-state index contributed by atoms with van der Waals surface area (Å²) >= 11 is 0. The molecule has 0 saturated carbocycles. The van der Waals surface area contributed by atoms with Crippen LogP contribution >= 0.6 is 0 Å². The summed E-state index contributed by atoms with van der Waals surface area (Å²) in [6, 6.07) is 5.99. The number of sulfone groups is 1. The van der Waals surface area contributed by atoms with Crippen molar-refractivity contribution in [2.75, 3.05) is 31.8 Å². The molecule has 9 heteroatoms. The van der Waals surface area contributed by atoms with Gasteiger partial charge in [-0.05, 0) is 30.7 Å². The number of Topliss-reactive ketones (excluding diaryl/α,β-unsaturated/α-hetero) is 1. The number of carbonyl (C=O) groups excluding carboxylic acids is 3. The Hall–Kier alpha value is -2.42. The minimum atomic E-state index is -3.10. The van der Waals surface area contributed by atoms with Gasteiger partial charge in [-0.1, -0.05) is 6.92 Å². The predicted octanol–water partition coefficient (Wildman–Crippen LogP) is 0.847. The quantitative estimate of drug-likeness (QED) is 0.473. The number of amides is 1. The molecule has 1 aliphatic heterocycles. The molecule has 1 aliphatic rings. The highest BCUT2D eigenvalue weighted by molar-refractivity contribution is 7.91. The molecule has 0 aromatic heterocycles.